The largest absolute Gasteiger partial charge is 0.508 e. The highest BCUT2D eigenvalue weighted by Gasteiger charge is 2.43. The SMILES string of the molecule is O=C(O)[C@@H]1C[C@H]1c1ccc(O)cc1. The standard InChI is InChI=1S/C10H10O3/c11-7-3-1-6(2-4-7)8-5-9(8)10(12)13/h1-4,8-9,11H,5H2,(H,12,13)/t8-,9+/m0/s1. The Balaban J connectivity index is 2.12. The van der Waals surface area contributed by atoms with Crippen molar-refractivity contribution >= 4 is 5.97 Å². The molecule has 0 aromatic heterocycles. The maximum Gasteiger partial charge on any atom is 0.307 e. The van der Waals surface area contributed by atoms with Crippen molar-refractivity contribution in [1.82, 2.24) is 0 Å². The normalized spacial score (nSPS) is 25.5. The molecule has 1 aromatic carbocycles. The Morgan fingerprint density at radius 1 is 1.31 bits per heavy atom. The third-order valence-corrected chi connectivity index (χ3v) is 2.43. The van der Waals surface area contributed by atoms with Gasteiger partial charge in [-0.15, -0.1) is 0 Å². The minimum absolute atomic E-state index is 0.151. The molecule has 13 heavy (non-hydrogen) atoms. The van der Waals surface area contributed by atoms with Crippen LogP contribution < -0.4 is 0 Å². The molecule has 68 valence electrons. The van der Waals surface area contributed by atoms with Gasteiger partial charge < -0.3 is 10.2 Å². The summed E-state index contributed by atoms with van der Waals surface area (Å²) in [6, 6.07) is 6.74. The van der Waals surface area contributed by atoms with Crippen LogP contribution in [0, 0.1) is 5.92 Å². The number of phenols is 1. The summed E-state index contributed by atoms with van der Waals surface area (Å²) in [5.41, 5.74) is 1.00. The van der Waals surface area contributed by atoms with E-state index in [1.165, 1.54) is 0 Å². The summed E-state index contributed by atoms with van der Waals surface area (Å²) in [5, 5.41) is 17.7. The molecule has 1 aliphatic rings. The molecular weight excluding hydrogens is 168 g/mol. The maximum absolute atomic E-state index is 10.6. The number of benzene rings is 1. The smallest absolute Gasteiger partial charge is 0.307 e. The molecule has 0 aliphatic heterocycles. The van der Waals surface area contributed by atoms with Gasteiger partial charge in [0.2, 0.25) is 0 Å². The third-order valence-electron chi connectivity index (χ3n) is 2.43. The fraction of sp³-hybridized carbons (Fsp3) is 0.300. The van der Waals surface area contributed by atoms with Crippen molar-refractivity contribution in [3.05, 3.63) is 29.8 Å². The van der Waals surface area contributed by atoms with Gasteiger partial charge in [0.25, 0.3) is 0 Å². The van der Waals surface area contributed by atoms with Crippen LogP contribution in [-0.2, 0) is 4.79 Å². The van der Waals surface area contributed by atoms with Crippen LogP contribution in [0.15, 0.2) is 24.3 Å². The zero-order valence-electron chi connectivity index (χ0n) is 6.97. The predicted octanol–water partition coefficient (Wildman–Crippen LogP) is 1.58. The van der Waals surface area contributed by atoms with Crippen LogP contribution in [0.3, 0.4) is 0 Å². The average Bonchev–Trinajstić information content (AvgIpc) is 2.85. The van der Waals surface area contributed by atoms with Gasteiger partial charge in [0, 0.05) is 0 Å². The monoisotopic (exact) mass is 178 g/mol. The number of aliphatic carboxylic acids is 1. The molecule has 0 amide bonds. The number of aromatic hydroxyl groups is 1. The van der Waals surface area contributed by atoms with Gasteiger partial charge in [-0.2, -0.15) is 0 Å². The van der Waals surface area contributed by atoms with E-state index in [0.717, 1.165) is 12.0 Å². The van der Waals surface area contributed by atoms with Gasteiger partial charge in [0.15, 0.2) is 0 Å². The van der Waals surface area contributed by atoms with E-state index in [0.29, 0.717) is 0 Å². The second-order valence-corrected chi connectivity index (χ2v) is 3.38. The third kappa shape index (κ3) is 1.49. The first-order chi connectivity index (χ1) is 6.18. The quantitative estimate of drug-likeness (QED) is 0.722. The topological polar surface area (TPSA) is 57.5 Å². The summed E-state index contributed by atoms with van der Waals surface area (Å²) in [4.78, 5) is 10.6. The lowest BCUT2D eigenvalue weighted by Crippen LogP contribution is -1.98. The lowest BCUT2D eigenvalue weighted by Gasteiger charge is -1.97. The lowest BCUT2D eigenvalue weighted by atomic mass is 10.1. The van der Waals surface area contributed by atoms with E-state index >= 15 is 0 Å². The molecule has 0 unspecified atom stereocenters. The van der Waals surface area contributed by atoms with Crippen molar-refractivity contribution in [2.45, 2.75) is 12.3 Å². The van der Waals surface area contributed by atoms with Gasteiger partial charge in [-0.3, -0.25) is 4.79 Å². The van der Waals surface area contributed by atoms with Crippen LogP contribution in [-0.4, -0.2) is 16.2 Å². The zero-order chi connectivity index (χ0) is 9.42. The molecule has 0 saturated heterocycles. The molecule has 1 aromatic rings. The molecule has 3 heteroatoms. The Hall–Kier alpha value is -1.51. The number of hydrogen-bond donors (Lipinski definition) is 2. The predicted molar refractivity (Wildman–Crippen MR) is 46.6 cm³/mol. The van der Waals surface area contributed by atoms with Crippen LogP contribution in [0.5, 0.6) is 5.75 Å². The van der Waals surface area contributed by atoms with E-state index in [4.69, 9.17) is 10.2 Å². The minimum Gasteiger partial charge on any atom is -0.508 e. The van der Waals surface area contributed by atoms with Crippen molar-refractivity contribution in [2.75, 3.05) is 0 Å². The Morgan fingerprint density at radius 3 is 2.38 bits per heavy atom. The van der Waals surface area contributed by atoms with Gasteiger partial charge >= 0.3 is 5.97 Å². The van der Waals surface area contributed by atoms with Gasteiger partial charge in [0.1, 0.15) is 5.75 Å². The number of carboxylic acids is 1. The Labute approximate surface area is 75.6 Å². The number of carbonyl (C=O) groups is 1. The Kier molecular flexibility index (Phi) is 1.72. The van der Waals surface area contributed by atoms with E-state index in [2.05, 4.69) is 0 Å². The van der Waals surface area contributed by atoms with Crippen molar-refractivity contribution < 1.29 is 15.0 Å². The maximum atomic E-state index is 10.6. The van der Waals surface area contributed by atoms with Crippen molar-refractivity contribution in [3.8, 4) is 5.75 Å². The number of hydrogen-bond acceptors (Lipinski definition) is 2. The van der Waals surface area contributed by atoms with Gasteiger partial charge in [-0.1, -0.05) is 12.1 Å². The summed E-state index contributed by atoms with van der Waals surface area (Å²) in [6.45, 7) is 0. The molecule has 1 saturated carbocycles. The summed E-state index contributed by atoms with van der Waals surface area (Å²) in [7, 11) is 0. The molecule has 1 fully saturated rings. The van der Waals surface area contributed by atoms with Crippen molar-refractivity contribution in [1.29, 1.82) is 0 Å². The lowest BCUT2D eigenvalue weighted by molar-refractivity contribution is -0.138. The van der Waals surface area contributed by atoms with Gasteiger partial charge in [-0.25, -0.2) is 0 Å². The van der Waals surface area contributed by atoms with E-state index in [-0.39, 0.29) is 17.6 Å². The molecule has 2 N–H and O–H groups in total. The summed E-state index contributed by atoms with van der Waals surface area (Å²) in [6.07, 6.45) is 0.722. The van der Waals surface area contributed by atoms with E-state index in [1.807, 2.05) is 0 Å². The zero-order valence-corrected chi connectivity index (χ0v) is 6.97. The molecule has 3 nitrogen and oxygen atoms in total. The molecular formula is C10H10O3. The molecule has 0 spiro atoms. The molecule has 0 heterocycles. The minimum atomic E-state index is -0.724. The van der Waals surface area contributed by atoms with Crippen molar-refractivity contribution in [2.24, 2.45) is 5.92 Å². The first-order valence-electron chi connectivity index (χ1n) is 4.20. The van der Waals surface area contributed by atoms with Gasteiger partial charge in [-0.05, 0) is 30.0 Å². The van der Waals surface area contributed by atoms with Crippen LogP contribution in [0.4, 0.5) is 0 Å². The molecule has 1 aliphatic carbocycles. The molecule has 2 rings (SSSR count). The summed E-state index contributed by atoms with van der Waals surface area (Å²) >= 11 is 0. The molecule has 2 atom stereocenters. The second-order valence-electron chi connectivity index (χ2n) is 3.38. The van der Waals surface area contributed by atoms with Crippen LogP contribution in [0.2, 0.25) is 0 Å². The van der Waals surface area contributed by atoms with Crippen LogP contribution >= 0.6 is 0 Å². The number of carboxylic acid groups (broad SMARTS) is 1. The second kappa shape index (κ2) is 2.76. The molecule has 0 radical (unpaired) electrons. The highest BCUT2D eigenvalue weighted by Crippen LogP contribution is 2.47. The first kappa shape index (κ1) is 8.10. The fourth-order valence-corrected chi connectivity index (χ4v) is 1.56. The first-order valence-corrected chi connectivity index (χ1v) is 4.20. The van der Waals surface area contributed by atoms with Gasteiger partial charge in [0.05, 0.1) is 5.92 Å². The van der Waals surface area contributed by atoms with E-state index < -0.39 is 5.97 Å². The number of rotatable bonds is 2. The van der Waals surface area contributed by atoms with Crippen molar-refractivity contribution in [3.63, 3.8) is 0 Å². The molecule has 0 bridgehead atoms. The fourth-order valence-electron chi connectivity index (χ4n) is 1.56. The highest BCUT2D eigenvalue weighted by atomic mass is 16.4. The summed E-state index contributed by atoms with van der Waals surface area (Å²) in [5.74, 6) is -0.572. The van der Waals surface area contributed by atoms with Crippen LogP contribution in [0.25, 0.3) is 0 Å². The average molecular weight is 178 g/mol. The van der Waals surface area contributed by atoms with Crippen LogP contribution in [0.1, 0.15) is 17.9 Å². The van der Waals surface area contributed by atoms with E-state index in [1.54, 1.807) is 24.3 Å². The summed E-state index contributed by atoms with van der Waals surface area (Å²) < 4.78 is 0. The van der Waals surface area contributed by atoms with E-state index in [9.17, 15) is 4.79 Å². The highest BCUT2D eigenvalue weighted by molar-refractivity contribution is 5.75. The Bertz CT molecular complexity index is 329. The number of phenolic OH excluding ortho intramolecular Hbond substituents is 1. The Morgan fingerprint density at radius 2 is 1.92 bits per heavy atom.